The normalized spacial score (nSPS) is 16.5. The van der Waals surface area contributed by atoms with Crippen LogP contribution in [-0.4, -0.2) is 31.4 Å². The molecule has 1 aliphatic heterocycles. The number of hydrogen-bond donors (Lipinski definition) is 3. The predicted molar refractivity (Wildman–Crippen MR) is 95.0 cm³/mol. The monoisotopic (exact) mass is 339 g/mol. The highest BCUT2D eigenvalue weighted by Crippen LogP contribution is 2.19. The minimum Gasteiger partial charge on any atom is -0.347 e. The van der Waals surface area contributed by atoms with Crippen molar-refractivity contribution in [2.24, 2.45) is 5.92 Å². The van der Waals surface area contributed by atoms with Gasteiger partial charge in [-0.15, -0.1) is 12.4 Å². The molecule has 3 N–H and O–H groups in total. The third-order valence-corrected chi connectivity index (χ3v) is 4.13. The Labute approximate surface area is 144 Å². The first-order valence-corrected chi connectivity index (χ1v) is 7.89. The lowest BCUT2D eigenvalue weighted by Gasteiger charge is -2.12. The highest BCUT2D eigenvalue weighted by Gasteiger charge is 2.16. The Bertz CT molecular complexity index is 522. The van der Waals surface area contributed by atoms with Gasteiger partial charge >= 0.3 is 0 Å². The number of anilines is 1. The summed E-state index contributed by atoms with van der Waals surface area (Å²) in [4.78, 5) is 23.7. The molecular formula is C17H26ClN3O2. The lowest BCUT2D eigenvalue weighted by Crippen LogP contribution is -2.33. The molecule has 0 spiro atoms. The molecule has 0 bridgehead atoms. The van der Waals surface area contributed by atoms with E-state index < -0.39 is 0 Å². The third kappa shape index (κ3) is 6.20. The quantitative estimate of drug-likeness (QED) is 0.744. The fraction of sp³-hybridized carbons (Fsp3) is 0.529. The molecule has 128 valence electrons. The van der Waals surface area contributed by atoms with E-state index in [4.69, 9.17) is 0 Å². The zero-order chi connectivity index (χ0) is 15.9. The maximum Gasteiger partial charge on any atom is 0.243 e. The zero-order valence-electron chi connectivity index (χ0n) is 13.8. The van der Waals surface area contributed by atoms with Crippen LogP contribution in [0.5, 0.6) is 0 Å². The summed E-state index contributed by atoms with van der Waals surface area (Å²) in [5.41, 5.74) is 2.88. The molecule has 1 aromatic rings. The molecule has 0 aromatic heterocycles. The summed E-state index contributed by atoms with van der Waals surface area (Å²) in [6, 6.07) is 5.87. The maximum atomic E-state index is 11.9. The van der Waals surface area contributed by atoms with Crippen LogP contribution in [0.1, 0.15) is 30.4 Å². The first-order valence-electron chi connectivity index (χ1n) is 7.89. The van der Waals surface area contributed by atoms with Gasteiger partial charge in [0.05, 0.1) is 6.54 Å². The highest BCUT2D eigenvalue weighted by atomic mass is 35.5. The zero-order valence-corrected chi connectivity index (χ0v) is 14.6. The number of carbonyl (C=O) groups is 2. The highest BCUT2D eigenvalue weighted by molar-refractivity contribution is 5.95. The van der Waals surface area contributed by atoms with Gasteiger partial charge in [-0.05, 0) is 56.8 Å². The molecule has 0 radical (unpaired) electrons. The van der Waals surface area contributed by atoms with E-state index in [1.807, 2.05) is 32.0 Å². The van der Waals surface area contributed by atoms with Gasteiger partial charge in [-0.25, -0.2) is 0 Å². The summed E-state index contributed by atoms with van der Waals surface area (Å²) in [6.07, 6.45) is 2.51. The number of para-hydroxylation sites is 1. The summed E-state index contributed by atoms with van der Waals surface area (Å²) >= 11 is 0. The molecular weight excluding hydrogens is 314 g/mol. The molecule has 1 heterocycles. The van der Waals surface area contributed by atoms with Gasteiger partial charge in [0.1, 0.15) is 0 Å². The number of amides is 2. The number of halogens is 1. The van der Waals surface area contributed by atoms with Gasteiger partial charge in [0.15, 0.2) is 0 Å². The summed E-state index contributed by atoms with van der Waals surface area (Å²) in [5.74, 6) is 0.353. The maximum absolute atomic E-state index is 11.9. The third-order valence-electron chi connectivity index (χ3n) is 4.13. The van der Waals surface area contributed by atoms with Gasteiger partial charge in [0, 0.05) is 12.1 Å². The van der Waals surface area contributed by atoms with Crippen molar-refractivity contribution in [3.8, 4) is 0 Å². The lowest BCUT2D eigenvalue weighted by molar-refractivity contribution is -0.124. The molecule has 1 unspecified atom stereocenters. The second-order valence-electron chi connectivity index (χ2n) is 5.99. The molecule has 1 aromatic carbocycles. The van der Waals surface area contributed by atoms with E-state index in [1.165, 1.54) is 0 Å². The van der Waals surface area contributed by atoms with Crippen molar-refractivity contribution in [3.05, 3.63) is 29.3 Å². The van der Waals surface area contributed by atoms with Crippen molar-refractivity contribution >= 4 is 29.9 Å². The Morgan fingerprint density at radius 2 is 1.91 bits per heavy atom. The Balaban J connectivity index is 0.00000264. The molecule has 6 heteroatoms. The minimum atomic E-state index is -0.187. The topological polar surface area (TPSA) is 70.2 Å². The fourth-order valence-electron chi connectivity index (χ4n) is 2.76. The first-order chi connectivity index (χ1) is 10.6. The van der Waals surface area contributed by atoms with Crippen molar-refractivity contribution < 1.29 is 9.59 Å². The van der Waals surface area contributed by atoms with Crippen LogP contribution in [0.25, 0.3) is 0 Å². The van der Waals surface area contributed by atoms with Crippen LogP contribution in [0, 0.1) is 19.8 Å². The largest absolute Gasteiger partial charge is 0.347 e. The summed E-state index contributed by atoms with van der Waals surface area (Å²) in [6.45, 7) is 5.98. The number of carbonyl (C=O) groups excluding carboxylic acids is 2. The molecule has 1 atom stereocenters. The van der Waals surface area contributed by atoms with Crippen molar-refractivity contribution in [3.63, 3.8) is 0 Å². The van der Waals surface area contributed by atoms with Crippen LogP contribution in [0.3, 0.4) is 0 Å². The van der Waals surface area contributed by atoms with Gasteiger partial charge in [-0.1, -0.05) is 18.2 Å². The number of benzene rings is 1. The smallest absolute Gasteiger partial charge is 0.243 e. The van der Waals surface area contributed by atoms with Crippen molar-refractivity contribution in [1.82, 2.24) is 10.6 Å². The molecule has 0 aliphatic carbocycles. The van der Waals surface area contributed by atoms with Crippen molar-refractivity contribution in [2.45, 2.75) is 33.1 Å². The van der Waals surface area contributed by atoms with E-state index in [-0.39, 0.29) is 30.8 Å². The average molecular weight is 340 g/mol. The fourth-order valence-corrected chi connectivity index (χ4v) is 2.76. The molecule has 1 aliphatic rings. The van der Waals surface area contributed by atoms with E-state index in [0.29, 0.717) is 12.3 Å². The van der Waals surface area contributed by atoms with E-state index in [1.54, 1.807) is 0 Å². The Kier molecular flexibility index (Phi) is 8.06. The summed E-state index contributed by atoms with van der Waals surface area (Å²) in [5, 5.41) is 8.85. The van der Waals surface area contributed by atoms with Gasteiger partial charge in [-0.2, -0.15) is 0 Å². The predicted octanol–water partition coefficient (Wildman–Crippen LogP) is 2.17. The van der Waals surface area contributed by atoms with Crippen LogP contribution < -0.4 is 16.0 Å². The van der Waals surface area contributed by atoms with Crippen molar-refractivity contribution in [2.75, 3.05) is 25.0 Å². The lowest BCUT2D eigenvalue weighted by atomic mass is 10.0. The van der Waals surface area contributed by atoms with Gasteiger partial charge in [0.25, 0.3) is 0 Å². The summed E-state index contributed by atoms with van der Waals surface area (Å²) < 4.78 is 0. The number of rotatable bonds is 6. The van der Waals surface area contributed by atoms with E-state index >= 15 is 0 Å². The van der Waals surface area contributed by atoms with Crippen molar-refractivity contribution in [1.29, 1.82) is 0 Å². The van der Waals surface area contributed by atoms with Crippen LogP contribution in [0.15, 0.2) is 18.2 Å². The van der Waals surface area contributed by atoms with Gasteiger partial charge in [0.2, 0.25) is 11.8 Å². The molecule has 1 fully saturated rings. The molecule has 2 rings (SSSR count). The second kappa shape index (κ2) is 9.53. The van der Waals surface area contributed by atoms with Gasteiger partial charge in [-0.3, -0.25) is 9.59 Å². The molecule has 2 amide bonds. The Morgan fingerprint density at radius 1 is 1.22 bits per heavy atom. The molecule has 23 heavy (non-hydrogen) atoms. The van der Waals surface area contributed by atoms with E-state index in [2.05, 4.69) is 16.0 Å². The SMILES string of the molecule is Cc1cccc(C)c1NC(=O)CNC(=O)CCC1CCNC1.Cl. The molecule has 5 nitrogen and oxygen atoms in total. The van der Waals surface area contributed by atoms with Gasteiger partial charge < -0.3 is 16.0 Å². The standard InChI is InChI=1S/C17H25N3O2.ClH/c1-12-4-3-5-13(2)17(12)20-16(22)11-19-15(21)7-6-14-8-9-18-10-14;/h3-5,14,18H,6-11H2,1-2H3,(H,19,21)(H,20,22);1H. The number of hydrogen-bond acceptors (Lipinski definition) is 3. The minimum absolute atomic E-state index is 0. The molecule has 1 saturated heterocycles. The van der Waals surface area contributed by atoms with Crippen LogP contribution in [0.4, 0.5) is 5.69 Å². The van der Waals surface area contributed by atoms with Crippen LogP contribution in [0.2, 0.25) is 0 Å². The Hall–Kier alpha value is -1.59. The first kappa shape index (κ1) is 19.5. The van der Waals surface area contributed by atoms with E-state index in [0.717, 1.165) is 42.7 Å². The van der Waals surface area contributed by atoms with Crippen LogP contribution >= 0.6 is 12.4 Å². The van der Waals surface area contributed by atoms with E-state index in [9.17, 15) is 9.59 Å². The average Bonchev–Trinajstić information content (AvgIpc) is 3.00. The van der Waals surface area contributed by atoms with Crippen LogP contribution in [-0.2, 0) is 9.59 Å². The number of nitrogens with one attached hydrogen (secondary N) is 3. The number of aryl methyl sites for hydroxylation is 2. The second-order valence-corrected chi connectivity index (χ2v) is 5.99. The Morgan fingerprint density at radius 3 is 2.52 bits per heavy atom. The summed E-state index contributed by atoms with van der Waals surface area (Å²) in [7, 11) is 0. The molecule has 0 saturated carbocycles.